The Morgan fingerprint density at radius 2 is 1.66 bits per heavy atom. The molecule has 0 bridgehead atoms. The highest BCUT2D eigenvalue weighted by Gasteiger charge is 2.07. The zero-order chi connectivity index (χ0) is 25.6. The minimum atomic E-state index is -0.425. The van der Waals surface area contributed by atoms with Crippen LogP contribution in [-0.2, 0) is 32.1 Å². The molecule has 3 rings (SSSR count). The van der Waals surface area contributed by atoms with Crippen LogP contribution in [0.4, 0.5) is 0 Å². The third-order valence-corrected chi connectivity index (χ3v) is 4.71. The minimum Gasteiger partial charge on any atom is -0.506 e. The Bertz CT molecular complexity index is 1150. The van der Waals surface area contributed by atoms with Gasteiger partial charge >= 0.3 is 11.9 Å². The average molecular weight is 479 g/mol. The molecule has 0 radical (unpaired) electrons. The zero-order valence-electron chi connectivity index (χ0n) is 20.4. The Labute approximate surface area is 205 Å². The van der Waals surface area contributed by atoms with Crippen LogP contribution in [0.25, 0.3) is 6.08 Å². The highest BCUT2D eigenvalue weighted by Crippen LogP contribution is 2.21. The molecule has 0 aliphatic heterocycles. The molecule has 0 aliphatic carbocycles. The normalized spacial score (nSPS) is 10.3. The van der Waals surface area contributed by atoms with Gasteiger partial charge in [0.2, 0.25) is 0 Å². The predicted octanol–water partition coefficient (Wildman–Crippen LogP) is 4.36. The van der Waals surface area contributed by atoms with E-state index in [0.717, 1.165) is 16.7 Å². The molecule has 2 heterocycles. The summed E-state index contributed by atoms with van der Waals surface area (Å²) in [6.45, 7) is 4.23. The fourth-order valence-electron chi connectivity index (χ4n) is 2.84. The molecule has 0 saturated carbocycles. The maximum absolute atomic E-state index is 11.2. The lowest BCUT2D eigenvalue weighted by atomic mass is 10.2. The molecule has 1 N–H and O–H groups in total. The van der Waals surface area contributed by atoms with Gasteiger partial charge in [-0.05, 0) is 48.7 Å². The summed E-state index contributed by atoms with van der Waals surface area (Å²) in [4.78, 5) is 30.3. The van der Waals surface area contributed by atoms with Crippen molar-refractivity contribution in [2.75, 3.05) is 14.2 Å². The van der Waals surface area contributed by atoms with Crippen molar-refractivity contribution in [1.29, 1.82) is 0 Å². The van der Waals surface area contributed by atoms with Crippen molar-refractivity contribution in [3.05, 3.63) is 89.0 Å². The Balaban J connectivity index is 0.000000269. The predicted molar refractivity (Wildman–Crippen MR) is 132 cm³/mol. The summed E-state index contributed by atoms with van der Waals surface area (Å²) < 4.78 is 14.9. The molecule has 0 amide bonds. The van der Waals surface area contributed by atoms with E-state index in [2.05, 4.69) is 19.4 Å². The van der Waals surface area contributed by atoms with Crippen LogP contribution >= 0.6 is 0 Å². The smallest absolute Gasteiger partial charge is 0.330 e. The number of aryl methyl sites for hydroxylation is 3. The summed E-state index contributed by atoms with van der Waals surface area (Å²) in [5, 5.41) is 9.46. The molecule has 0 unspecified atom stereocenters. The number of rotatable bonds is 8. The van der Waals surface area contributed by atoms with Crippen LogP contribution in [-0.4, -0.2) is 41.2 Å². The Hall–Kier alpha value is -4.20. The second kappa shape index (κ2) is 14.1. The van der Waals surface area contributed by atoms with Crippen molar-refractivity contribution in [2.45, 2.75) is 33.3 Å². The lowest BCUT2D eigenvalue weighted by molar-refractivity contribution is -0.140. The second-order valence-electron chi connectivity index (χ2n) is 7.58. The molecule has 0 saturated heterocycles. The number of methoxy groups -OCH3 is 2. The SMILES string of the molecule is COC(=O)/C=C/c1ncc(C)cc1OCc1ccccc1.COC(=O)CCc1ncc(C)cc1O. The number of aromatic nitrogens is 2. The first kappa shape index (κ1) is 27.0. The molecular formula is C27H30N2O6. The molecule has 2 aromatic heterocycles. The van der Waals surface area contributed by atoms with E-state index in [-0.39, 0.29) is 18.1 Å². The third kappa shape index (κ3) is 9.67. The van der Waals surface area contributed by atoms with Crippen LogP contribution in [0, 0.1) is 13.8 Å². The molecule has 184 valence electrons. The number of nitrogens with zero attached hydrogens (tertiary/aromatic N) is 2. The highest BCUT2D eigenvalue weighted by atomic mass is 16.5. The molecule has 0 fully saturated rings. The van der Waals surface area contributed by atoms with Gasteiger partial charge in [-0.25, -0.2) is 4.79 Å². The molecule has 3 aromatic rings. The van der Waals surface area contributed by atoms with E-state index in [0.29, 0.717) is 30.2 Å². The number of ether oxygens (including phenoxy) is 3. The van der Waals surface area contributed by atoms with Crippen molar-refractivity contribution in [2.24, 2.45) is 0 Å². The molecule has 8 nitrogen and oxygen atoms in total. The van der Waals surface area contributed by atoms with E-state index in [9.17, 15) is 14.7 Å². The summed E-state index contributed by atoms with van der Waals surface area (Å²) in [6, 6.07) is 13.4. The van der Waals surface area contributed by atoms with E-state index >= 15 is 0 Å². The number of esters is 2. The summed E-state index contributed by atoms with van der Waals surface area (Å²) in [5.74, 6) is 0.0473. The van der Waals surface area contributed by atoms with Crippen LogP contribution in [0.1, 0.15) is 34.5 Å². The highest BCUT2D eigenvalue weighted by molar-refractivity contribution is 5.87. The van der Waals surface area contributed by atoms with Crippen LogP contribution in [0.15, 0.2) is 60.9 Å². The van der Waals surface area contributed by atoms with Crippen LogP contribution < -0.4 is 4.74 Å². The lowest BCUT2D eigenvalue weighted by Gasteiger charge is -2.09. The van der Waals surface area contributed by atoms with Gasteiger partial charge in [-0.3, -0.25) is 14.8 Å². The van der Waals surface area contributed by atoms with Crippen molar-refractivity contribution >= 4 is 18.0 Å². The van der Waals surface area contributed by atoms with Gasteiger partial charge < -0.3 is 19.3 Å². The van der Waals surface area contributed by atoms with Crippen molar-refractivity contribution in [1.82, 2.24) is 9.97 Å². The molecule has 35 heavy (non-hydrogen) atoms. The van der Waals surface area contributed by atoms with Gasteiger partial charge in [0.1, 0.15) is 23.8 Å². The maximum Gasteiger partial charge on any atom is 0.330 e. The number of carbonyl (C=O) groups is 2. The first-order valence-electron chi connectivity index (χ1n) is 10.9. The standard InChI is InChI=1S/C17H17NO3.C10H13NO3/c1-13-10-16(21-12-14-6-4-3-5-7-14)15(18-11-13)8-9-17(19)20-2;1-7-5-9(12)8(11-6-7)3-4-10(13)14-2/h3-11H,12H2,1-2H3;5-6,12H,3-4H2,1-2H3/b9-8+;. The van der Waals surface area contributed by atoms with E-state index in [4.69, 9.17) is 4.74 Å². The van der Waals surface area contributed by atoms with E-state index in [1.54, 1.807) is 24.5 Å². The lowest BCUT2D eigenvalue weighted by Crippen LogP contribution is -2.03. The van der Waals surface area contributed by atoms with Gasteiger partial charge in [-0.1, -0.05) is 30.3 Å². The molecule has 0 spiro atoms. The fourth-order valence-corrected chi connectivity index (χ4v) is 2.84. The molecule has 0 aliphatic rings. The Morgan fingerprint density at radius 1 is 0.971 bits per heavy atom. The molecule has 0 atom stereocenters. The summed E-state index contributed by atoms with van der Waals surface area (Å²) >= 11 is 0. The van der Waals surface area contributed by atoms with E-state index in [1.807, 2.05) is 50.2 Å². The van der Waals surface area contributed by atoms with Gasteiger partial charge in [-0.2, -0.15) is 0 Å². The Morgan fingerprint density at radius 3 is 2.31 bits per heavy atom. The van der Waals surface area contributed by atoms with Crippen molar-refractivity contribution < 1.29 is 28.9 Å². The number of benzene rings is 1. The second-order valence-corrected chi connectivity index (χ2v) is 7.58. The quantitative estimate of drug-likeness (QED) is 0.376. The van der Waals surface area contributed by atoms with Gasteiger partial charge in [-0.15, -0.1) is 0 Å². The van der Waals surface area contributed by atoms with Crippen LogP contribution in [0.2, 0.25) is 0 Å². The number of hydrogen-bond acceptors (Lipinski definition) is 8. The van der Waals surface area contributed by atoms with E-state index in [1.165, 1.54) is 20.3 Å². The van der Waals surface area contributed by atoms with E-state index < -0.39 is 5.97 Å². The molecule has 1 aromatic carbocycles. The molecule has 8 heteroatoms. The summed E-state index contributed by atoms with van der Waals surface area (Å²) in [6.07, 6.45) is 6.94. The van der Waals surface area contributed by atoms with Crippen LogP contribution in [0.3, 0.4) is 0 Å². The van der Waals surface area contributed by atoms with Gasteiger partial charge in [0, 0.05) is 24.9 Å². The average Bonchev–Trinajstić information content (AvgIpc) is 2.87. The van der Waals surface area contributed by atoms with Gasteiger partial charge in [0.25, 0.3) is 0 Å². The monoisotopic (exact) mass is 478 g/mol. The largest absolute Gasteiger partial charge is 0.506 e. The van der Waals surface area contributed by atoms with Crippen molar-refractivity contribution in [3.63, 3.8) is 0 Å². The maximum atomic E-state index is 11.2. The number of pyridine rings is 2. The van der Waals surface area contributed by atoms with Crippen molar-refractivity contribution in [3.8, 4) is 11.5 Å². The topological polar surface area (TPSA) is 108 Å². The summed E-state index contributed by atoms with van der Waals surface area (Å²) in [7, 11) is 2.67. The first-order chi connectivity index (χ1) is 16.8. The fraction of sp³-hybridized carbons (Fsp3) is 0.259. The number of carbonyl (C=O) groups excluding carboxylic acids is 2. The zero-order valence-corrected chi connectivity index (χ0v) is 20.4. The van der Waals surface area contributed by atoms with Crippen LogP contribution in [0.5, 0.6) is 11.5 Å². The number of aromatic hydroxyl groups is 1. The summed E-state index contributed by atoms with van der Waals surface area (Å²) in [5.41, 5.74) is 4.09. The van der Waals surface area contributed by atoms with Gasteiger partial charge in [0.05, 0.1) is 26.3 Å². The Kier molecular flexibility index (Phi) is 10.9. The minimum absolute atomic E-state index is 0.133. The number of hydrogen-bond donors (Lipinski definition) is 1. The first-order valence-corrected chi connectivity index (χ1v) is 10.9. The van der Waals surface area contributed by atoms with Gasteiger partial charge in [0.15, 0.2) is 0 Å². The third-order valence-electron chi connectivity index (χ3n) is 4.71. The molecular weight excluding hydrogens is 448 g/mol.